The molecule has 1 heterocycles. The van der Waals surface area contributed by atoms with Crippen LogP contribution in [0.4, 0.5) is 0 Å². The molecule has 1 N–H and O–H groups in total. The van der Waals surface area contributed by atoms with Crippen molar-refractivity contribution in [3.05, 3.63) is 0 Å². The average molecular weight is 225 g/mol. The minimum Gasteiger partial charge on any atom is -0.375 e. The van der Waals surface area contributed by atoms with Gasteiger partial charge >= 0.3 is 0 Å². The van der Waals surface area contributed by atoms with Crippen molar-refractivity contribution < 1.29 is 4.74 Å². The quantitative estimate of drug-likeness (QED) is 0.725. The third kappa shape index (κ3) is 3.21. The summed E-state index contributed by atoms with van der Waals surface area (Å²) in [5.41, 5.74) is 0.278. The Morgan fingerprint density at radius 1 is 1.25 bits per heavy atom. The van der Waals surface area contributed by atoms with Crippen LogP contribution in [-0.4, -0.2) is 24.8 Å². The molecule has 0 amide bonds. The lowest BCUT2D eigenvalue weighted by Gasteiger charge is -2.38. The van der Waals surface area contributed by atoms with Gasteiger partial charge in [0.1, 0.15) is 0 Å². The first-order valence-electron chi connectivity index (χ1n) is 7.22. The van der Waals surface area contributed by atoms with Gasteiger partial charge in [0.05, 0.1) is 5.60 Å². The fourth-order valence-electron chi connectivity index (χ4n) is 3.25. The maximum atomic E-state index is 6.04. The Balaban J connectivity index is 1.70. The van der Waals surface area contributed by atoms with Crippen molar-refractivity contribution in [1.29, 1.82) is 0 Å². The van der Waals surface area contributed by atoms with Crippen LogP contribution >= 0.6 is 0 Å². The van der Waals surface area contributed by atoms with Gasteiger partial charge in [0.25, 0.3) is 0 Å². The number of hydrogen-bond acceptors (Lipinski definition) is 2. The minimum absolute atomic E-state index is 0.278. The molecule has 2 heteroatoms. The van der Waals surface area contributed by atoms with Crippen LogP contribution in [0.25, 0.3) is 0 Å². The molecular formula is C14H27NO. The predicted octanol–water partition coefficient (Wildman–Crippen LogP) is 3.26. The van der Waals surface area contributed by atoms with Gasteiger partial charge in [-0.05, 0) is 38.6 Å². The zero-order valence-corrected chi connectivity index (χ0v) is 10.8. The Bertz CT molecular complexity index is 199. The summed E-state index contributed by atoms with van der Waals surface area (Å²) in [5, 5.41) is 3.73. The number of hydrogen-bond donors (Lipinski definition) is 1. The monoisotopic (exact) mass is 225 g/mol. The highest BCUT2D eigenvalue weighted by molar-refractivity contribution is 4.93. The highest BCUT2D eigenvalue weighted by atomic mass is 16.5. The molecule has 94 valence electrons. The van der Waals surface area contributed by atoms with Gasteiger partial charge in [-0.25, -0.2) is 0 Å². The maximum absolute atomic E-state index is 6.04. The predicted molar refractivity (Wildman–Crippen MR) is 67.7 cm³/mol. The molecular weight excluding hydrogens is 198 g/mol. The van der Waals surface area contributed by atoms with Crippen LogP contribution in [0.2, 0.25) is 0 Å². The molecule has 2 fully saturated rings. The second kappa shape index (κ2) is 6.02. The first kappa shape index (κ1) is 12.4. The van der Waals surface area contributed by atoms with Crippen LogP contribution in [-0.2, 0) is 4.74 Å². The van der Waals surface area contributed by atoms with Gasteiger partial charge in [0.2, 0.25) is 0 Å². The number of ether oxygens (including phenoxy) is 1. The lowest BCUT2D eigenvalue weighted by molar-refractivity contribution is -0.0835. The second-order valence-corrected chi connectivity index (χ2v) is 5.59. The Morgan fingerprint density at radius 3 is 2.81 bits per heavy atom. The van der Waals surface area contributed by atoms with Gasteiger partial charge < -0.3 is 10.1 Å². The van der Waals surface area contributed by atoms with Crippen LogP contribution in [0.3, 0.4) is 0 Å². The minimum atomic E-state index is 0.278. The normalized spacial score (nSPS) is 28.7. The standard InChI is InChI=1S/C14H27NO/c1-2-3-6-10-15-13-7-11-16-14(12-13)8-4-5-9-14/h13,15H,2-12H2,1H3. The molecule has 0 radical (unpaired) electrons. The molecule has 0 aromatic rings. The first-order valence-corrected chi connectivity index (χ1v) is 7.22. The third-order valence-electron chi connectivity index (χ3n) is 4.22. The second-order valence-electron chi connectivity index (χ2n) is 5.59. The van der Waals surface area contributed by atoms with Crippen molar-refractivity contribution in [2.24, 2.45) is 0 Å². The zero-order valence-electron chi connectivity index (χ0n) is 10.8. The summed E-state index contributed by atoms with van der Waals surface area (Å²) in [6.07, 6.45) is 11.9. The van der Waals surface area contributed by atoms with E-state index in [0.717, 1.165) is 12.6 Å². The van der Waals surface area contributed by atoms with E-state index in [0.29, 0.717) is 0 Å². The van der Waals surface area contributed by atoms with E-state index in [1.165, 1.54) is 64.3 Å². The van der Waals surface area contributed by atoms with E-state index >= 15 is 0 Å². The van der Waals surface area contributed by atoms with E-state index in [1.807, 2.05) is 0 Å². The maximum Gasteiger partial charge on any atom is 0.0697 e. The molecule has 1 atom stereocenters. The molecule has 1 unspecified atom stereocenters. The van der Waals surface area contributed by atoms with Gasteiger partial charge in [-0.15, -0.1) is 0 Å². The van der Waals surface area contributed by atoms with Crippen LogP contribution in [0.1, 0.15) is 64.7 Å². The van der Waals surface area contributed by atoms with Gasteiger partial charge in [0, 0.05) is 12.6 Å². The van der Waals surface area contributed by atoms with Crippen LogP contribution in [0, 0.1) is 0 Å². The van der Waals surface area contributed by atoms with Crippen molar-refractivity contribution in [2.75, 3.05) is 13.2 Å². The molecule has 1 aliphatic carbocycles. The topological polar surface area (TPSA) is 21.3 Å². The van der Waals surface area contributed by atoms with Gasteiger partial charge in [-0.1, -0.05) is 32.6 Å². The van der Waals surface area contributed by atoms with Crippen molar-refractivity contribution in [3.63, 3.8) is 0 Å². The lowest BCUT2D eigenvalue weighted by atomic mass is 9.89. The zero-order chi connectivity index (χ0) is 11.3. The molecule has 1 saturated heterocycles. The first-order chi connectivity index (χ1) is 7.85. The van der Waals surface area contributed by atoms with Gasteiger partial charge in [-0.3, -0.25) is 0 Å². The van der Waals surface area contributed by atoms with E-state index in [2.05, 4.69) is 12.2 Å². The molecule has 2 aliphatic rings. The summed E-state index contributed by atoms with van der Waals surface area (Å²) in [5.74, 6) is 0. The SMILES string of the molecule is CCCCCNC1CCOC2(CCCC2)C1. The van der Waals surface area contributed by atoms with Crippen LogP contribution in [0.15, 0.2) is 0 Å². The molecule has 1 spiro atoms. The Kier molecular flexibility index (Phi) is 4.66. The molecule has 1 saturated carbocycles. The fraction of sp³-hybridized carbons (Fsp3) is 1.00. The molecule has 2 nitrogen and oxygen atoms in total. The van der Waals surface area contributed by atoms with Gasteiger partial charge in [-0.2, -0.15) is 0 Å². The Morgan fingerprint density at radius 2 is 2.06 bits per heavy atom. The summed E-state index contributed by atoms with van der Waals surface area (Å²) in [6.45, 7) is 4.45. The van der Waals surface area contributed by atoms with E-state index in [1.54, 1.807) is 0 Å². The molecule has 2 rings (SSSR count). The van der Waals surface area contributed by atoms with E-state index < -0.39 is 0 Å². The van der Waals surface area contributed by atoms with Gasteiger partial charge in [0.15, 0.2) is 0 Å². The summed E-state index contributed by atoms with van der Waals surface area (Å²) < 4.78 is 6.04. The summed E-state index contributed by atoms with van der Waals surface area (Å²) in [7, 11) is 0. The summed E-state index contributed by atoms with van der Waals surface area (Å²) in [4.78, 5) is 0. The van der Waals surface area contributed by atoms with Crippen LogP contribution < -0.4 is 5.32 Å². The number of nitrogens with one attached hydrogen (secondary N) is 1. The molecule has 0 aromatic carbocycles. The van der Waals surface area contributed by atoms with Crippen molar-refractivity contribution >= 4 is 0 Å². The summed E-state index contributed by atoms with van der Waals surface area (Å²) >= 11 is 0. The summed E-state index contributed by atoms with van der Waals surface area (Å²) in [6, 6.07) is 0.726. The molecule has 0 bridgehead atoms. The Hall–Kier alpha value is -0.0800. The third-order valence-corrected chi connectivity index (χ3v) is 4.22. The van der Waals surface area contributed by atoms with E-state index in [4.69, 9.17) is 4.74 Å². The molecule has 16 heavy (non-hydrogen) atoms. The van der Waals surface area contributed by atoms with E-state index in [-0.39, 0.29) is 5.60 Å². The Labute approximate surface area is 100 Å². The smallest absolute Gasteiger partial charge is 0.0697 e. The van der Waals surface area contributed by atoms with Crippen molar-refractivity contribution in [2.45, 2.75) is 76.4 Å². The molecule has 0 aromatic heterocycles. The lowest BCUT2D eigenvalue weighted by Crippen LogP contribution is -2.45. The number of rotatable bonds is 5. The highest BCUT2D eigenvalue weighted by Gasteiger charge is 2.39. The average Bonchev–Trinajstić information content (AvgIpc) is 2.73. The van der Waals surface area contributed by atoms with Crippen molar-refractivity contribution in [3.8, 4) is 0 Å². The largest absolute Gasteiger partial charge is 0.375 e. The highest BCUT2D eigenvalue weighted by Crippen LogP contribution is 2.39. The molecule has 1 aliphatic heterocycles. The number of unbranched alkanes of at least 4 members (excludes halogenated alkanes) is 2. The van der Waals surface area contributed by atoms with E-state index in [9.17, 15) is 0 Å². The fourth-order valence-corrected chi connectivity index (χ4v) is 3.25. The van der Waals surface area contributed by atoms with Crippen LogP contribution in [0.5, 0.6) is 0 Å². The van der Waals surface area contributed by atoms with Crippen molar-refractivity contribution in [1.82, 2.24) is 5.32 Å².